The molecule has 1 aromatic rings. The van der Waals surface area contributed by atoms with Crippen LogP contribution in [-0.2, 0) is 0 Å². The minimum absolute atomic E-state index is 0.0178. The number of amides is 1. The molecule has 1 amide bonds. The number of nitrogen functional groups attached to an aromatic ring is 1. The SMILES string of the molecule is CCCN(C)C(=O)c1ccnc(NN)c1. The van der Waals surface area contributed by atoms with Crippen LogP contribution in [0, 0.1) is 0 Å². The normalized spacial score (nSPS) is 9.80. The van der Waals surface area contributed by atoms with Crippen molar-refractivity contribution in [2.45, 2.75) is 13.3 Å². The summed E-state index contributed by atoms with van der Waals surface area (Å²) in [6, 6.07) is 3.31. The van der Waals surface area contributed by atoms with E-state index >= 15 is 0 Å². The number of carbonyl (C=O) groups is 1. The highest BCUT2D eigenvalue weighted by Crippen LogP contribution is 2.08. The van der Waals surface area contributed by atoms with Crippen LogP contribution < -0.4 is 11.3 Å². The van der Waals surface area contributed by atoms with Crippen molar-refractivity contribution in [3.05, 3.63) is 23.9 Å². The molecule has 0 unspecified atom stereocenters. The summed E-state index contributed by atoms with van der Waals surface area (Å²) in [6.07, 6.45) is 2.50. The van der Waals surface area contributed by atoms with Crippen LogP contribution in [0.5, 0.6) is 0 Å². The first-order valence-corrected chi connectivity index (χ1v) is 4.87. The van der Waals surface area contributed by atoms with Crippen molar-refractivity contribution in [3.8, 4) is 0 Å². The van der Waals surface area contributed by atoms with Gasteiger partial charge in [-0.15, -0.1) is 0 Å². The van der Waals surface area contributed by atoms with Gasteiger partial charge >= 0.3 is 0 Å². The molecule has 0 aliphatic carbocycles. The Balaban J connectivity index is 2.81. The van der Waals surface area contributed by atoms with Gasteiger partial charge < -0.3 is 10.3 Å². The number of nitrogens with zero attached hydrogens (tertiary/aromatic N) is 2. The van der Waals surface area contributed by atoms with Crippen molar-refractivity contribution < 1.29 is 4.79 Å². The van der Waals surface area contributed by atoms with Crippen molar-refractivity contribution in [1.29, 1.82) is 0 Å². The number of carbonyl (C=O) groups excluding carboxylic acids is 1. The summed E-state index contributed by atoms with van der Waals surface area (Å²) in [6.45, 7) is 2.77. The fraction of sp³-hybridized carbons (Fsp3) is 0.400. The topological polar surface area (TPSA) is 71.2 Å². The molecule has 1 rings (SSSR count). The molecule has 3 N–H and O–H groups in total. The van der Waals surface area contributed by atoms with Crippen LogP contribution in [0.4, 0.5) is 5.82 Å². The fourth-order valence-electron chi connectivity index (χ4n) is 1.30. The molecule has 0 aliphatic heterocycles. The van der Waals surface area contributed by atoms with E-state index in [9.17, 15) is 4.79 Å². The second-order valence-corrected chi connectivity index (χ2v) is 3.30. The van der Waals surface area contributed by atoms with Gasteiger partial charge in [-0.3, -0.25) is 4.79 Å². The van der Waals surface area contributed by atoms with Crippen LogP contribution in [0.25, 0.3) is 0 Å². The Labute approximate surface area is 89.3 Å². The van der Waals surface area contributed by atoms with Crippen LogP contribution in [-0.4, -0.2) is 29.4 Å². The van der Waals surface area contributed by atoms with Crippen molar-refractivity contribution in [3.63, 3.8) is 0 Å². The lowest BCUT2D eigenvalue weighted by Crippen LogP contribution is -2.27. The molecule has 5 heteroatoms. The van der Waals surface area contributed by atoms with Crippen LogP contribution in [0.2, 0.25) is 0 Å². The third-order valence-corrected chi connectivity index (χ3v) is 2.06. The smallest absolute Gasteiger partial charge is 0.253 e. The van der Waals surface area contributed by atoms with E-state index in [1.54, 1.807) is 30.3 Å². The summed E-state index contributed by atoms with van der Waals surface area (Å²) in [5.41, 5.74) is 3.00. The van der Waals surface area contributed by atoms with E-state index < -0.39 is 0 Å². The number of nitrogens with two attached hydrogens (primary N) is 1. The highest BCUT2D eigenvalue weighted by atomic mass is 16.2. The second-order valence-electron chi connectivity index (χ2n) is 3.30. The maximum Gasteiger partial charge on any atom is 0.253 e. The average Bonchev–Trinajstić information content (AvgIpc) is 2.28. The standard InChI is InChI=1S/C10H16N4O/c1-3-6-14(2)10(15)8-4-5-12-9(7-8)13-11/h4-5,7H,3,6,11H2,1-2H3,(H,12,13). The maximum absolute atomic E-state index is 11.8. The molecule has 0 atom stereocenters. The zero-order valence-electron chi connectivity index (χ0n) is 9.03. The van der Waals surface area contributed by atoms with Gasteiger partial charge in [-0.25, -0.2) is 10.8 Å². The van der Waals surface area contributed by atoms with Crippen molar-refractivity contribution in [2.24, 2.45) is 5.84 Å². The van der Waals surface area contributed by atoms with Crippen LogP contribution in [0.1, 0.15) is 23.7 Å². The number of pyridine rings is 1. The summed E-state index contributed by atoms with van der Waals surface area (Å²) in [4.78, 5) is 17.4. The van der Waals surface area contributed by atoms with E-state index in [1.807, 2.05) is 6.92 Å². The first-order valence-electron chi connectivity index (χ1n) is 4.87. The van der Waals surface area contributed by atoms with Crippen LogP contribution in [0.3, 0.4) is 0 Å². The third-order valence-electron chi connectivity index (χ3n) is 2.06. The zero-order valence-corrected chi connectivity index (χ0v) is 9.03. The first kappa shape index (κ1) is 11.5. The van der Waals surface area contributed by atoms with Crippen molar-refractivity contribution >= 4 is 11.7 Å². The summed E-state index contributed by atoms with van der Waals surface area (Å²) < 4.78 is 0. The number of anilines is 1. The Kier molecular flexibility index (Phi) is 4.05. The Bertz CT molecular complexity index is 340. The van der Waals surface area contributed by atoms with Gasteiger partial charge in [-0.1, -0.05) is 6.92 Å². The molecule has 0 bridgehead atoms. The lowest BCUT2D eigenvalue weighted by atomic mass is 10.2. The largest absolute Gasteiger partial charge is 0.342 e. The van der Waals surface area contributed by atoms with Crippen molar-refractivity contribution in [2.75, 3.05) is 19.0 Å². The molecule has 82 valence electrons. The first-order chi connectivity index (χ1) is 7.19. The summed E-state index contributed by atoms with van der Waals surface area (Å²) in [7, 11) is 1.78. The number of hydrazine groups is 1. The molecule has 0 aliphatic rings. The Morgan fingerprint density at radius 2 is 2.40 bits per heavy atom. The highest BCUT2D eigenvalue weighted by Gasteiger charge is 2.10. The van der Waals surface area contributed by atoms with Gasteiger partial charge in [0, 0.05) is 25.4 Å². The molecule has 15 heavy (non-hydrogen) atoms. The van der Waals surface area contributed by atoms with Crippen molar-refractivity contribution in [1.82, 2.24) is 9.88 Å². The predicted octanol–water partition coefficient (Wildman–Crippen LogP) is 0.849. The molecular weight excluding hydrogens is 192 g/mol. The minimum Gasteiger partial charge on any atom is -0.342 e. The molecule has 1 heterocycles. The predicted molar refractivity (Wildman–Crippen MR) is 59.3 cm³/mol. The Hall–Kier alpha value is -1.62. The Morgan fingerprint density at radius 3 is 3.00 bits per heavy atom. The number of hydrogen-bond donors (Lipinski definition) is 2. The molecular formula is C10H16N4O. The summed E-state index contributed by atoms with van der Waals surface area (Å²) >= 11 is 0. The number of rotatable bonds is 4. The van der Waals surface area contributed by atoms with E-state index in [2.05, 4.69) is 10.4 Å². The Morgan fingerprint density at radius 1 is 1.67 bits per heavy atom. The molecule has 0 spiro atoms. The quantitative estimate of drug-likeness (QED) is 0.568. The number of aromatic nitrogens is 1. The van der Waals surface area contributed by atoms with Gasteiger partial charge in [0.15, 0.2) is 0 Å². The third kappa shape index (κ3) is 2.92. The molecule has 0 aromatic carbocycles. The number of hydrogen-bond acceptors (Lipinski definition) is 4. The monoisotopic (exact) mass is 208 g/mol. The van der Waals surface area contributed by atoms with Gasteiger partial charge in [0.2, 0.25) is 0 Å². The molecule has 0 fully saturated rings. The fourth-order valence-corrected chi connectivity index (χ4v) is 1.30. The molecule has 0 saturated heterocycles. The highest BCUT2D eigenvalue weighted by molar-refractivity contribution is 5.94. The minimum atomic E-state index is -0.0178. The van der Waals surface area contributed by atoms with Gasteiger partial charge in [0.1, 0.15) is 5.82 Å². The summed E-state index contributed by atoms with van der Waals surface area (Å²) in [5, 5.41) is 0. The van der Waals surface area contributed by atoms with E-state index in [-0.39, 0.29) is 5.91 Å². The van der Waals surface area contributed by atoms with Gasteiger partial charge in [-0.2, -0.15) is 0 Å². The molecule has 5 nitrogen and oxygen atoms in total. The van der Waals surface area contributed by atoms with Crippen LogP contribution in [0.15, 0.2) is 18.3 Å². The maximum atomic E-state index is 11.8. The zero-order chi connectivity index (χ0) is 11.3. The molecule has 1 aromatic heterocycles. The van der Waals surface area contributed by atoms with E-state index in [0.717, 1.165) is 13.0 Å². The van der Waals surface area contributed by atoms with E-state index in [1.165, 1.54) is 0 Å². The van der Waals surface area contributed by atoms with Gasteiger partial charge in [-0.05, 0) is 18.6 Å². The van der Waals surface area contributed by atoms with Gasteiger partial charge in [0.25, 0.3) is 5.91 Å². The molecule has 0 radical (unpaired) electrons. The number of nitrogens with one attached hydrogen (secondary N) is 1. The lowest BCUT2D eigenvalue weighted by molar-refractivity contribution is 0.0795. The average molecular weight is 208 g/mol. The van der Waals surface area contributed by atoms with E-state index in [0.29, 0.717) is 11.4 Å². The lowest BCUT2D eigenvalue weighted by Gasteiger charge is -2.16. The summed E-state index contributed by atoms with van der Waals surface area (Å²) in [5.74, 6) is 5.69. The second kappa shape index (κ2) is 5.31. The van der Waals surface area contributed by atoms with E-state index in [4.69, 9.17) is 5.84 Å². The molecule has 0 saturated carbocycles. The van der Waals surface area contributed by atoms with Gasteiger partial charge in [0.05, 0.1) is 0 Å². The van der Waals surface area contributed by atoms with Crippen LogP contribution >= 0.6 is 0 Å².